The zero-order valence-corrected chi connectivity index (χ0v) is 10.8. The lowest BCUT2D eigenvalue weighted by molar-refractivity contribution is 0.127. The molecule has 0 amide bonds. The van der Waals surface area contributed by atoms with Gasteiger partial charge in [-0.25, -0.2) is 0 Å². The Morgan fingerprint density at radius 1 is 1.47 bits per heavy atom. The van der Waals surface area contributed by atoms with E-state index in [4.69, 9.17) is 4.74 Å². The van der Waals surface area contributed by atoms with Crippen LogP contribution in [0.1, 0.15) is 11.7 Å². The van der Waals surface area contributed by atoms with Gasteiger partial charge in [0.1, 0.15) is 5.75 Å². The van der Waals surface area contributed by atoms with Crippen molar-refractivity contribution in [2.45, 2.75) is 6.10 Å². The SMILES string of the molecule is CNCCN(C)CC(O)c1cccc(OC)c1. The molecular weight excluding hydrogens is 216 g/mol. The fourth-order valence-electron chi connectivity index (χ4n) is 1.64. The highest BCUT2D eigenvalue weighted by molar-refractivity contribution is 5.29. The summed E-state index contributed by atoms with van der Waals surface area (Å²) in [4.78, 5) is 2.10. The number of hydrogen-bond donors (Lipinski definition) is 2. The average Bonchev–Trinajstić information content (AvgIpc) is 2.36. The molecule has 2 N–H and O–H groups in total. The number of nitrogens with zero attached hydrogens (tertiary/aromatic N) is 1. The summed E-state index contributed by atoms with van der Waals surface area (Å²) in [5, 5.41) is 13.2. The highest BCUT2D eigenvalue weighted by Gasteiger charge is 2.10. The Morgan fingerprint density at radius 2 is 2.24 bits per heavy atom. The molecule has 17 heavy (non-hydrogen) atoms. The molecule has 1 aromatic carbocycles. The molecule has 0 radical (unpaired) electrons. The quantitative estimate of drug-likeness (QED) is 0.740. The van der Waals surface area contributed by atoms with Crippen molar-refractivity contribution in [3.8, 4) is 5.75 Å². The minimum absolute atomic E-state index is 0.480. The van der Waals surface area contributed by atoms with Crippen molar-refractivity contribution in [3.63, 3.8) is 0 Å². The first-order chi connectivity index (χ1) is 8.17. The number of likely N-dealkylation sites (N-methyl/N-ethyl adjacent to an activating group) is 2. The maximum Gasteiger partial charge on any atom is 0.119 e. The summed E-state index contributed by atoms with van der Waals surface area (Å²) >= 11 is 0. The van der Waals surface area contributed by atoms with E-state index < -0.39 is 6.10 Å². The van der Waals surface area contributed by atoms with Crippen molar-refractivity contribution in [3.05, 3.63) is 29.8 Å². The Balaban J connectivity index is 2.53. The minimum Gasteiger partial charge on any atom is -0.497 e. The topological polar surface area (TPSA) is 44.7 Å². The van der Waals surface area contributed by atoms with Crippen LogP contribution in [-0.2, 0) is 0 Å². The van der Waals surface area contributed by atoms with Gasteiger partial charge in [0.15, 0.2) is 0 Å². The standard InChI is InChI=1S/C13H22N2O2/c1-14-7-8-15(2)10-13(16)11-5-4-6-12(9-11)17-3/h4-6,9,13-14,16H,7-8,10H2,1-3H3. The largest absolute Gasteiger partial charge is 0.497 e. The molecule has 1 unspecified atom stereocenters. The molecule has 1 rings (SSSR count). The molecule has 0 aliphatic heterocycles. The van der Waals surface area contributed by atoms with E-state index in [9.17, 15) is 5.11 Å². The second kappa shape index (κ2) is 7.27. The predicted molar refractivity (Wildman–Crippen MR) is 69.4 cm³/mol. The molecule has 0 aromatic heterocycles. The molecule has 0 fully saturated rings. The van der Waals surface area contributed by atoms with Crippen molar-refractivity contribution < 1.29 is 9.84 Å². The van der Waals surface area contributed by atoms with E-state index >= 15 is 0 Å². The van der Waals surface area contributed by atoms with Gasteiger partial charge in [0, 0.05) is 19.6 Å². The van der Waals surface area contributed by atoms with Crippen molar-refractivity contribution in [2.24, 2.45) is 0 Å². The third-order valence-corrected chi connectivity index (χ3v) is 2.71. The van der Waals surface area contributed by atoms with Crippen LogP contribution < -0.4 is 10.1 Å². The van der Waals surface area contributed by atoms with Gasteiger partial charge in [0.05, 0.1) is 13.2 Å². The van der Waals surface area contributed by atoms with Gasteiger partial charge in [-0.3, -0.25) is 0 Å². The maximum absolute atomic E-state index is 10.1. The number of nitrogens with one attached hydrogen (secondary N) is 1. The van der Waals surface area contributed by atoms with E-state index in [0.29, 0.717) is 6.54 Å². The molecule has 1 atom stereocenters. The molecule has 0 saturated carbocycles. The smallest absolute Gasteiger partial charge is 0.119 e. The second-order valence-electron chi connectivity index (χ2n) is 4.16. The van der Waals surface area contributed by atoms with Crippen LogP contribution in [0.15, 0.2) is 24.3 Å². The molecule has 0 saturated heterocycles. The van der Waals surface area contributed by atoms with E-state index in [-0.39, 0.29) is 0 Å². The number of methoxy groups -OCH3 is 1. The van der Waals surface area contributed by atoms with Gasteiger partial charge in [-0.1, -0.05) is 12.1 Å². The first-order valence-electron chi connectivity index (χ1n) is 5.82. The molecule has 1 aromatic rings. The van der Waals surface area contributed by atoms with Crippen LogP contribution in [0.25, 0.3) is 0 Å². The van der Waals surface area contributed by atoms with Crippen LogP contribution >= 0.6 is 0 Å². The summed E-state index contributed by atoms with van der Waals surface area (Å²) in [6.45, 7) is 2.45. The second-order valence-corrected chi connectivity index (χ2v) is 4.16. The zero-order valence-electron chi connectivity index (χ0n) is 10.8. The maximum atomic E-state index is 10.1. The molecule has 0 spiro atoms. The fourth-order valence-corrected chi connectivity index (χ4v) is 1.64. The monoisotopic (exact) mass is 238 g/mol. The first kappa shape index (κ1) is 14.0. The van der Waals surface area contributed by atoms with E-state index in [0.717, 1.165) is 24.4 Å². The highest BCUT2D eigenvalue weighted by atomic mass is 16.5. The number of rotatable bonds is 7. The summed E-state index contributed by atoms with van der Waals surface area (Å²) in [5.74, 6) is 0.777. The lowest BCUT2D eigenvalue weighted by Gasteiger charge is -2.20. The van der Waals surface area contributed by atoms with E-state index in [2.05, 4.69) is 10.2 Å². The molecule has 4 nitrogen and oxygen atoms in total. The van der Waals surface area contributed by atoms with Crippen molar-refractivity contribution in [1.29, 1.82) is 0 Å². The third-order valence-electron chi connectivity index (χ3n) is 2.71. The Kier molecular flexibility index (Phi) is 5.97. The van der Waals surface area contributed by atoms with Crippen LogP contribution in [0, 0.1) is 0 Å². The molecular formula is C13H22N2O2. The predicted octanol–water partition coefficient (Wildman–Crippen LogP) is 0.880. The van der Waals surface area contributed by atoms with Gasteiger partial charge in [0.2, 0.25) is 0 Å². The van der Waals surface area contributed by atoms with Crippen LogP contribution in [0.4, 0.5) is 0 Å². The molecule has 0 bridgehead atoms. The van der Waals surface area contributed by atoms with Crippen molar-refractivity contribution in [1.82, 2.24) is 10.2 Å². The zero-order chi connectivity index (χ0) is 12.7. The molecule has 4 heteroatoms. The minimum atomic E-state index is -0.480. The average molecular weight is 238 g/mol. The lowest BCUT2D eigenvalue weighted by atomic mass is 10.1. The summed E-state index contributed by atoms with van der Waals surface area (Å²) in [5.41, 5.74) is 0.889. The number of ether oxygens (including phenoxy) is 1. The normalized spacial score (nSPS) is 12.8. The molecule has 0 aliphatic rings. The van der Waals surface area contributed by atoms with Gasteiger partial charge >= 0.3 is 0 Å². The Bertz CT molecular complexity index is 331. The van der Waals surface area contributed by atoms with E-state index in [1.54, 1.807) is 7.11 Å². The number of hydrogen-bond acceptors (Lipinski definition) is 4. The fraction of sp³-hybridized carbons (Fsp3) is 0.538. The summed E-state index contributed by atoms with van der Waals surface area (Å²) < 4.78 is 5.14. The van der Waals surface area contributed by atoms with Gasteiger partial charge < -0.3 is 20.1 Å². The van der Waals surface area contributed by atoms with Crippen molar-refractivity contribution in [2.75, 3.05) is 40.8 Å². The summed E-state index contributed by atoms with van der Waals surface area (Å²) in [7, 11) is 5.55. The van der Waals surface area contributed by atoms with E-state index in [1.807, 2.05) is 38.4 Å². The Hall–Kier alpha value is -1.10. The number of aliphatic hydroxyl groups excluding tert-OH is 1. The Labute approximate surface area is 103 Å². The molecule has 0 heterocycles. The highest BCUT2D eigenvalue weighted by Crippen LogP contribution is 2.19. The van der Waals surface area contributed by atoms with Gasteiger partial charge in [-0.2, -0.15) is 0 Å². The molecule has 0 aliphatic carbocycles. The number of benzene rings is 1. The lowest BCUT2D eigenvalue weighted by Crippen LogP contribution is -2.30. The van der Waals surface area contributed by atoms with Crippen LogP contribution in [-0.4, -0.2) is 50.8 Å². The molecule has 96 valence electrons. The first-order valence-corrected chi connectivity index (χ1v) is 5.82. The Morgan fingerprint density at radius 3 is 2.88 bits per heavy atom. The van der Waals surface area contributed by atoms with E-state index in [1.165, 1.54) is 0 Å². The summed E-state index contributed by atoms with van der Waals surface area (Å²) in [6, 6.07) is 7.56. The van der Waals surface area contributed by atoms with Crippen LogP contribution in [0.5, 0.6) is 5.75 Å². The summed E-state index contributed by atoms with van der Waals surface area (Å²) in [6.07, 6.45) is -0.480. The van der Waals surface area contributed by atoms with Crippen LogP contribution in [0.3, 0.4) is 0 Å². The van der Waals surface area contributed by atoms with Gasteiger partial charge in [-0.15, -0.1) is 0 Å². The van der Waals surface area contributed by atoms with Gasteiger partial charge in [-0.05, 0) is 31.8 Å². The van der Waals surface area contributed by atoms with Crippen LogP contribution in [0.2, 0.25) is 0 Å². The van der Waals surface area contributed by atoms with Gasteiger partial charge in [0.25, 0.3) is 0 Å². The third kappa shape index (κ3) is 4.73. The number of aliphatic hydroxyl groups is 1. The van der Waals surface area contributed by atoms with Crippen molar-refractivity contribution >= 4 is 0 Å².